The molecule has 18 heavy (non-hydrogen) atoms. The molecule has 0 fully saturated rings. The summed E-state index contributed by atoms with van der Waals surface area (Å²) in [7, 11) is 1.64. The number of nitrogens with zero attached hydrogens (tertiary/aromatic N) is 2. The Morgan fingerprint density at radius 3 is 2.89 bits per heavy atom. The van der Waals surface area contributed by atoms with Gasteiger partial charge in [0, 0.05) is 24.0 Å². The zero-order valence-electron chi connectivity index (χ0n) is 9.84. The number of nitrogens with two attached hydrogens (primary N) is 1. The first-order valence-electron chi connectivity index (χ1n) is 5.51. The van der Waals surface area contributed by atoms with Crippen LogP contribution in [0.3, 0.4) is 0 Å². The second-order valence-electron chi connectivity index (χ2n) is 3.98. The van der Waals surface area contributed by atoms with Crippen molar-refractivity contribution in [2.45, 2.75) is 0 Å². The van der Waals surface area contributed by atoms with Gasteiger partial charge in [-0.05, 0) is 18.2 Å². The minimum absolute atomic E-state index is 0.616. The zero-order valence-corrected chi connectivity index (χ0v) is 9.84. The van der Waals surface area contributed by atoms with Crippen LogP contribution in [0.5, 0.6) is 5.75 Å². The highest BCUT2D eigenvalue weighted by atomic mass is 16.5. The molecule has 2 aromatic heterocycles. The summed E-state index contributed by atoms with van der Waals surface area (Å²) < 4.78 is 5.18. The number of pyridine rings is 1. The molecule has 3 N–H and O–H groups in total. The molecule has 0 aliphatic carbocycles. The Bertz CT molecular complexity index is 705. The first kappa shape index (κ1) is 10.6. The summed E-state index contributed by atoms with van der Waals surface area (Å²) in [5.74, 6) is 1.54. The maximum Gasteiger partial charge on any atom is 0.140 e. The molecule has 90 valence electrons. The summed E-state index contributed by atoms with van der Waals surface area (Å²) >= 11 is 0. The topological polar surface area (TPSA) is 76.8 Å². The number of aromatic nitrogens is 3. The van der Waals surface area contributed by atoms with Crippen molar-refractivity contribution >= 4 is 16.7 Å². The molecule has 0 atom stereocenters. The van der Waals surface area contributed by atoms with Crippen LogP contribution >= 0.6 is 0 Å². The highest BCUT2D eigenvalue weighted by Crippen LogP contribution is 2.23. The van der Waals surface area contributed by atoms with E-state index in [1.54, 1.807) is 19.5 Å². The molecule has 0 saturated carbocycles. The van der Waals surface area contributed by atoms with E-state index in [9.17, 15) is 0 Å². The molecular formula is C13H12N4O. The summed E-state index contributed by atoms with van der Waals surface area (Å²) in [5.41, 5.74) is 9.00. The first-order valence-corrected chi connectivity index (χ1v) is 5.51. The third kappa shape index (κ3) is 1.75. The van der Waals surface area contributed by atoms with E-state index >= 15 is 0 Å². The van der Waals surface area contributed by atoms with Crippen LogP contribution in [0.25, 0.3) is 22.4 Å². The molecule has 5 heteroatoms. The van der Waals surface area contributed by atoms with Gasteiger partial charge in [-0.3, -0.25) is 4.98 Å². The van der Waals surface area contributed by atoms with Crippen molar-refractivity contribution in [1.29, 1.82) is 0 Å². The fourth-order valence-corrected chi connectivity index (χ4v) is 1.84. The van der Waals surface area contributed by atoms with Crippen LogP contribution in [0.15, 0.2) is 36.7 Å². The maximum atomic E-state index is 5.71. The Labute approximate surface area is 104 Å². The predicted octanol–water partition coefficient (Wildman–Crippen LogP) is 2.22. The Morgan fingerprint density at radius 1 is 1.22 bits per heavy atom. The van der Waals surface area contributed by atoms with Gasteiger partial charge in [-0.2, -0.15) is 0 Å². The fourth-order valence-electron chi connectivity index (χ4n) is 1.84. The number of H-pyrrole nitrogens is 1. The van der Waals surface area contributed by atoms with Gasteiger partial charge in [-0.15, -0.1) is 0 Å². The molecule has 0 saturated heterocycles. The number of anilines is 1. The number of nitrogen functional groups attached to an aromatic ring is 1. The summed E-state index contributed by atoms with van der Waals surface area (Å²) in [4.78, 5) is 11.8. The molecule has 2 heterocycles. The quantitative estimate of drug-likeness (QED) is 0.720. The summed E-state index contributed by atoms with van der Waals surface area (Å²) in [6, 6.07) is 7.53. The third-order valence-electron chi connectivity index (χ3n) is 2.72. The Kier molecular flexibility index (Phi) is 2.37. The van der Waals surface area contributed by atoms with E-state index < -0.39 is 0 Å². The van der Waals surface area contributed by atoms with Crippen molar-refractivity contribution < 1.29 is 4.74 Å². The molecule has 0 aliphatic rings. The van der Waals surface area contributed by atoms with Crippen LogP contribution in [-0.2, 0) is 0 Å². The standard InChI is InChI=1S/C13H12N4O/c1-18-10-2-3-11-12(5-10)17-13(16-11)8-4-9(14)7-15-6-8/h2-7H,14H2,1H3,(H,16,17). The lowest BCUT2D eigenvalue weighted by atomic mass is 10.2. The fraction of sp³-hybridized carbons (Fsp3) is 0.0769. The third-order valence-corrected chi connectivity index (χ3v) is 2.72. The monoisotopic (exact) mass is 240 g/mol. The molecule has 3 aromatic rings. The van der Waals surface area contributed by atoms with Crippen molar-refractivity contribution in [2.75, 3.05) is 12.8 Å². The number of hydrogen-bond donors (Lipinski definition) is 2. The lowest BCUT2D eigenvalue weighted by molar-refractivity contribution is 0.415. The van der Waals surface area contributed by atoms with E-state index in [1.807, 2.05) is 24.3 Å². The van der Waals surface area contributed by atoms with Gasteiger partial charge in [0.15, 0.2) is 0 Å². The number of fused-ring (bicyclic) bond motifs is 1. The Hall–Kier alpha value is -2.56. The minimum Gasteiger partial charge on any atom is -0.497 e. The first-order chi connectivity index (χ1) is 8.76. The van der Waals surface area contributed by atoms with Gasteiger partial charge in [0.1, 0.15) is 11.6 Å². The second kappa shape index (κ2) is 4.03. The van der Waals surface area contributed by atoms with Gasteiger partial charge in [0.05, 0.1) is 23.8 Å². The van der Waals surface area contributed by atoms with Gasteiger partial charge in [0.2, 0.25) is 0 Å². The smallest absolute Gasteiger partial charge is 0.140 e. The van der Waals surface area contributed by atoms with Crippen LogP contribution in [0.2, 0.25) is 0 Å². The minimum atomic E-state index is 0.616. The summed E-state index contributed by atoms with van der Waals surface area (Å²) in [6.45, 7) is 0. The molecule has 3 rings (SSSR count). The number of benzene rings is 1. The average Bonchev–Trinajstić information content (AvgIpc) is 2.81. The van der Waals surface area contributed by atoms with Crippen molar-refractivity contribution in [1.82, 2.24) is 15.0 Å². The van der Waals surface area contributed by atoms with E-state index in [-0.39, 0.29) is 0 Å². The number of methoxy groups -OCH3 is 1. The number of rotatable bonds is 2. The van der Waals surface area contributed by atoms with Crippen molar-refractivity contribution in [3.05, 3.63) is 36.7 Å². The number of imidazole rings is 1. The van der Waals surface area contributed by atoms with Crippen LogP contribution in [-0.4, -0.2) is 22.1 Å². The van der Waals surface area contributed by atoms with E-state index in [0.717, 1.165) is 28.2 Å². The van der Waals surface area contributed by atoms with Crippen LogP contribution in [0.4, 0.5) is 5.69 Å². The van der Waals surface area contributed by atoms with E-state index in [0.29, 0.717) is 5.69 Å². The lowest BCUT2D eigenvalue weighted by Gasteiger charge is -1.97. The molecule has 0 radical (unpaired) electrons. The van der Waals surface area contributed by atoms with Gasteiger partial charge in [-0.25, -0.2) is 4.98 Å². The molecular weight excluding hydrogens is 228 g/mol. The average molecular weight is 240 g/mol. The highest BCUT2D eigenvalue weighted by molar-refractivity contribution is 5.80. The maximum absolute atomic E-state index is 5.71. The van der Waals surface area contributed by atoms with Gasteiger partial charge >= 0.3 is 0 Å². The molecule has 0 amide bonds. The predicted molar refractivity (Wildman–Crippen MR) is 70.3 cm³/mol. The molecule has 0 aliphatic heterocycles. The van der Waals surface area contributed by atoms with Crippen molar-refractivity contribution in [3.8, 4) is 17.1 Å². The van der Waals surface area contributed by atoms with Crippen LogP contribution in [0, 0.1) is 0 Å². The van der Waals surface area contributed by atoms with Crippen molar-refractivity contribution in [2.24, 2.45) is 0 Å². The molecule has 0 spiro atoms. The Morgan fingerprint density at radius 2 is 2.11 bits per heavy atom. The second-order valence-corrected chi connectivity index (χ2v) is 3.98. The van der Waals surface area contributed by atoms with Gasteiger partial charge in [-0.1, -0.05) is 0 Å². The van der Waals surface area contributed by atoms with Crippen LogP contribution < -0.4 is 10.5 Å². The van der Waals surface area contributed by atoms with E-state index in [4.69, 9.17) is 10.5 Å². The normalized spacial score (nSPS) is 10.7. The molecule has 5 nitrogen and oxygen atoms in total. The zero-order chi connectivity index (χ0) is 12.5. The van der Waals surface area contributed by atoms with Gasteiger partial charge < -0.3 is 15.5 Å². The number of nitrogens with one attached hydrogen (secondary N) is 1. The number of hydrogen-bond acceptors (Lipinski definition) is 4. The van der Waals surface area contributed by atoms with E-state index in [2.05, 4.69) is 15.0 Å². The lowest BCUT2D eigenvalue weighted by Crippen LogP contribution is -1.88. The molecule has 1 aromatic carbocycles. The van der Waals surface area contributed by atoms with E-state index in [1.165, 1.54) is 0 Å². The number of ether oxygens (including phenoxy) is 1. The Balaban J connectivity index is 2.13. The van der Waals surface area contributed by atoms with Crippen LogP contribution in [0.1, 0.15) is 0 Å². The largest absolute Gasteiger partial charge is 0.497 e. The molecule has 0 bridgehead atoms. The van der Waals surface area contributed by atoms with Crippen molar-refractivity contribution in [3.63, 3.8) is 0 Å². The SMILES string of the molecule is COc1ccc2nc(-c3cncc(N)c3)[nH]c2c1. The van der Waals surface area contributed by atoms with Gasteiger partial charge in [0.25, 0.3) is 0 Å². The number of aromatic amines is 1. The summed E-state index contributed by atoms with van der Waals surface area (Å²) in [5, 5.41) is 0. The molecule has 0 unspecified atom stereocenters. The highest BCUT2D eigenvalue weighted by Gasteiger charge is 2.06. The summed E-state index contributed by atoms with van der Waals surface area (Å²) in [6.07, 6.45) is 3.33.